The average Bonchev–Trinajstić information content (AvgIpc) is 2.63. The van der Waals surface area contributed by atoms with Crippen molar-refractivity contribution in [1.29, 1.82) is 0 Å². The molecule has 98 valence electrons. The van der Waals surface area contributed by atoms with Crippen LogP contribution in [0.15, 0.2) is 18.2 Å². The molecule has 1 aromatic carbocycles. The minimum absolute atomic E-state index is 0.163. The predicted molar refractivity (Wildman–Crippen MR) is 67.0 cm³/mol. The number of esters is 1. The van der Waals surface area contributed by atoms with Gasteiger partial charge in [0.2, 0.25) is 0 Å². The lowest BCUT2D eigenvalue weighted by atomic mass is 10.1. The SMILES string of the molecule is COC(=O)CCCc1ccc2c(c1)OCCCO2. The van der Waals surface area contributed by atoms with Gasteiger partial charge in [-0.3, -0.25) is 4.79 Å². The summed E-state index contributed by atoms with van der Waals surface area (Å²) in [6, 6.07) is 5.96. The quantitative estimate of drug-likeness (QED) is 0.769. The van der Waals surface area contributed by atoms with E-state index in [1.807, 2.05) is 18.2 Å². The largest absolute Gasteiger partial charge is 0.490 e. The molecule has 0 radical (unpaired) electrons. The first kappa shape index (κ1) is 12.7. The van der Waals surface area contributed by atoms with Crippen LogP contribution in [0.2, 0.25) is 0 Å². The summed E-state index contributed by atoms with van der Waals surface area (Å²) in [5.74, 6) is 1.46. The van der Waals surface area contributed by atoms with Gasteiger partial charge in [0, 0.05) is 12.8 Å². The smallest absolute Gasteiger partial charge is 0.305 e. The van der Waals surface area contributed by atoms with Gasteiger partial charge in [-0.2, -0.15) is 0 Å². The number of ether oxygens (including phenoxy) is 3. The molecule has 1 aromatic rings. The third-order valence-electron chi connectivity index (χ3n) is 2.89. The van der Waals surface area contributed by atoms with Crippen LogP contribution in [-0.4, -0.2) is 26.3 Å². The molecule has 0 aliphatic carbocycles. The van der Waals surface area contributed by atoms with E-state index in [2.05, 4.69) is 4.74 Å². The summed E-state index contributed by atoms with van der Waals surface area (Å²) in [6.07, 6.45) is 2.98. The van der Waals surface area contributed by atoms with Gasteiger partial charge in [0.05, 0.1) is 20.3 Å². The molecule has 0 unspecified atom stereocenters. The van der Waals surface area contributed by atoms with E-state index < -0.39 is 0 Å². The van der Waals surface area contributed by atoms with E-state index in [9.17, 15) is 4.79 Å². The second kappa shape index (κ2) is 6.28. The molecule has 1 heterocycles. The van der Waals surface area contributed by atoms with Crippen molar-refractivity contribution in [2.45, 2.75) is 25.7 Å². The van der Waals surface area contributed by atoms with Crippen LogP contribution in [0.25, 0.3) is 0 Å². The zero-order valence-corrected chi connectivity index (χ0v) is 10.6. The molecule has 0 fully saturated rings. The van der Waals surface area contributed by atoms with Gasteiger partial charge in [-0.15, -0.1) is 0 Å². The van der Waals surface area contributed by atoms with Crippen LogP contribution in [0, 0.1) is 0 Å². The van der Waals surface area contributed by atoms with Crippen LogP contribution in [0.1, 0.15) is 24.8 Å². The minimum Gasteiger partial charge on any atom is -0.490 e. The Bertz CT molecular complexity index is 414. The van der Waals surface area contributed by atoms with Crippen LogP contribution in [-0.2, 0) is 16.0 Å². The number of hydrogen-bond acceptors (Lipinski definition) is 4. The van der Waals surface area contributed by atoms with Crippen LogP contribution in [0.3, 0.4) is 0 Å². The van der Waals surface area contributed by atoms with Crippen molar-refractivity contribution in [3.63, 3.8) is 0 Å². The summed E-state index contributed by atoms with van der Waals surface area (Å²) in [6.45, 7) is 1.40. The first-order chi connectivity index (χ1) is 8.79. The maximum atomic E-state index is 11.0. The number of carbonyl (C=O) groups excluding carboxylic acids is 1. The van der Waals surface area contributed by atoms with E-state index in [0.29, 0.717) is 19.6 Å². The molecule has 0 saturated heterocycles. The Labute approximate surface area is 107 Å². The molecular formula is C14H18O4. The van der Waals surface area contributed by atoms with Crippen molar-refractivity contribution in [3.8, 4) is 11.5 Å². The second-order valence-electron chi connectivity index (χ2n) is 4.26. The van der Waals surface area contributed by atoms with Gasteiger partial charge in [0.1, 0.15) is 0 Å². The van der Waals surface area contributed by atoms with Crippen LogP contribution in [0.5, 0.6) is 11.5 Å². The molecule has 0 saturated carbocycles. The van der Waals surface area contributed by atoms with Gasteiger partial charge in [-0.25, -0.2) is 0 Å². The fourth-order valence-electron chi connectivity index (χ4n) is 1.90. The minimum atomic E-state index is -0.163. The third-order valence-corrected chi connectivity index (χ3v) is 2.89. The summed E-state index contributed by atoms with van der Waals surface area (Å²) >= 11 is 0. The maximum absolute atomic E-state index is 11.0. The first-order valence-electron chi connectivity index (χ1n) is 6.25. The molecule has 1 aliphatic rings. The Morgan fingerprint density at radius 1 is 1.28 bits per heavy atom. The van der Waals surface area contributed by atoms with Crippen molar-refractivity contribution in [2.24, 2.45) is 0 Å². The number of methoxy groups -OCH3 is 1. The monoisotopic (exact) mass is 250 g/mol. The van der Waals surface area contributed by atoms with Gasteiger partial charge >= 0.3 is 5.97 Å². The van der Waals surface area contributed by atoms with Crippen molar-refractivity contribution in [1.82, 2.24) is 0 Å². The van der Waals surface area contributed by atoms with Gasteiger partial charge in [-0.05, 0) is 30.5 Å². The molecule has 0 aromatic heterocycles. The Morgan fingerprint density at radius 2 is 2.06 bits per heavy atom. The van der Waals surface area contributed by atoms with E-state index in [0.717, 1.165) is 36.3 Å². The van der Waals surface area contributed by atoms with Gasteiger partial charge < -0.3 is 14.2 Å². The number of hydrogen-bond donors (Lipinski definition) is 0. The second-order valence-corrected chi connectivity index (χ2v) is 4.26. The van der Waals surface area contributed by atoms with Crippen LogP contribution < -0.4 is 9.47 Å². The van der Waals surface area contributed by atoms with Crippen molar-refractivity contribution in [2.75, 3.05) is 20.3 Å². The number of fused-ring (bicyclic) bond motifs is 1. The summed E-state index contributed by atoms with van der Waals surface area (Å²) in [5, 5.41) is 0. The normalized spacial score (nSPS) is 13.8. The zero-order valence-electron chi connectivity index (χ0n) is 10.6. The molecule has 18 heavy (non-hydrogen) atoms. The molecule has 0 atom stereocenters. The van der Waals surface area contributed by atoms with Crippen molar-refractivity contribution < 1.29 is 19.0 Å². The van der Waals surface area contributed by atoms with E-state index in [-0.39, 0.29) is 5.97 Å². The van der Waals surface area contributed by atoms with Crippen LogP contribution in [0.4, 0.5) is 0 Å². The molecular weight excluding hydrogens is 232 g/mol. The number of aryl methyl sites for hydroxylation is 1. The highest BCUT2D eigenvalue weighted by Gasteiger charge is 2.10. The van der Waals surface area contributed by atoms with Crippen molar-refractivity contribution in [3.05, 3.63) is 23.8 Å². The Kier molecular flexibility index (Phi) is 4.45. The molecule has 4 heteroatoms. The summed E-state index contributed by atoms with van der Waals surface area (Å²) < 4.78 is 15.8. The van der Waals surface area contributed by atoms with Gasteiger partial charge in [0.25, 0.3) is 0 Å². The highest BCUT2D eigenvalue weighted by molar-refractivity contribution is 5.69. The van der Waals surface area contributed by atoms with E-state index in [4.69, 9.17) is 9.47 Å². The highest BCUT2D eigenvalue weighted by atomic mass is 16.5. The number of carbonyl (C=O) groups is 1. The fraction of sp³-hybridized carbons (Fsp3) is 0.500. The first-order valence-corrected chi connectivity index (χ1v) is 6.25. The maximum Gasteiger partial charge on any atom is 0.305 e. The molecule has 0 bridgehead atoms. The van der Waals surface area contributed by atoms with Gasteiger partial charge in [0.15, 0.2) is 11.5 Å². The predicted octanol–water partition coefficient (Wildman–Crippen LogP) is 2.34. The summed E-state index contributed by atoms with van der Waals surface area (Å²) in [7, 11) is 1.41. The van der Waals surface area contributed by atoms with Gasteiger partial charge in [-0.1, -0.05) is 6.07 Å². The summed E-state index contributed by atoms with van der Waals surface area (Å²) in [4.78, 5) is 11.0. The fourth-order valence-corrected chi connectivity index (χ4v) is 1.90. The lowest BCUT2D eigenvalue weighted by molar-refractivity contribution is -0.140. The topological polar surface area (TPSA) is 44.8 Å². The zero-order chi connectivity index (χ0) is 12.8. The lowest BCUT2D eigenvalue weighted by Crippen LogP contribution is -2.00. The lowest BCUT2D eigenvalue weighted by Gasteiger charge is -2.09. The van der Waals surface area contributed by atoms with Crippen molar-refractivity contribution >= 4 is 5.97 Å². The standard InChI is InChI=1S/C14H18O4/c1-16-14(15)5-2-4-11-6-7-12-13(10-11)18-9-3-8-17-12/h6-7,10H,2-5,8-9H2,1H3. The third kappa shape index (κ3) is 3.39. The number of rotatable bonds is 4. The Hall–Kier alpha value is -1.71. The molecule has 2 rings (SSSR count). The molecule has 0 amide bonds. The Morgan fingerprint density at radius 3 is 2.83 bits per heavy atom. The molecule has 0 N–H and O–H groups in total. The number of benzene rings is 1. The van der Waals surface area contributed by atoms with E-state index in [1.54, 1.807) is 0 Å². The average molecular weight is 250 g/mol. The molecule has 1 aliphatic heterocycles. The van der Waals surface area contributed by atoms with E-state index in [1.165, 1.54) is 7.11 Å². The molecule has 0 spiro atoms. The van der Waals surface area contributed by atoms with Crippen LogP contribution >= 0.6 is 0 Å². The summed E-state index contributed by atoms with van der Waals surface area (Å²) in [5.41, 5.74) is 1.16. The van der Waals surface area contributed by atoms with E-state index >= 15 is 0 Å². The Balaban J connectivity index is 1.93. The molecule has 4 nitrogen and oxygen atoms in total. The highest BCUT2D eigenvalue weighted by Crippen LogP contribution is 2.30.